The number of rotatable bonds is 6. The maximum absolute atomic E-state index is 10.1. The summed E-state index contributed by atoms with van der Waals surface area (Å²) in [5.41, 5.74) is 3.86. The van der Waals surface area contributed by atoms with Crippen molar-refractivity contribution in [1.82, 2.24) is 14.7 Å². The van der Waals surface area contributed by atoms with E-state index in [2.05, 4.69) is 37.8 Å². The van der Waals surface area contributed by atoms with E-state index in [0.717, 1.165) is 30.2 Å². The molecule has 0 fully saturated rings. The minimum atomic E-state index is -0.687. The van der Waals surface area contributed by atoms with Crippen molar-refractivity contribution >= 4 is 0 Å². The number of likely N-dealkylation sites (N-methyl/N-ethyl adjacent to an activating group) is 1. The molecule has 22 heavy (non-hydrogen) atoms. The molecule has 1 N–H and O–H groups in total. The molecule has 0 atom stereocenters. The highest BCUT2D eigenvalue weighted by Gasteiger charge is 2.20. The number of hydrogen-bond donors (Lipinski definition) is 1. The van der Waals surface area contributed by atoms with Gasteiger partial charge in [-0.25, -0.2) is 4.68 Å². The quantitative estimate of drug-likeness (QED) is 0.891. The van der Waals surface area contributed by atoms with Crippen LogP contribution >= 0.6 is 0 Å². The fourth-order valence-electron chi connectivity index (χ4n) is 2.77. The molecule has 0 saturated heterocycles. The van der Waals surface area contributed by atoms with E-state index in [1.807, 2.05) is 36.7 Å². The Bertz CT molecular complexity index is 611. The Morgan fingerprint density at radius 2 is 1.82 bits per heavy atom. The number of aryl methyl sites for hydroxylation is 1. The predicted molar refractivity (Wildman–Crippen MR) is 90.3 cm³/mol. The second-order valence-corrected chi connectivity index (χ2v) is 6.51. The molecule has 0 saturated carbocycles. The molecular formula is C18H27N3O. The average molecular weight is 301 g/mol. The van der Waals surface area contributed by atoms with Crippen LogP contribution < -0.4 is 0 Å². The summed E-state index contributed by atoms with van der Waals surface area (Å²) in [5, 5.41) is 14.7. The van der Waals surface area contributed by atoms with Gasteiger partial charge in [-0.3, -0.25) is 4.90 Å². The fraction of sp³-hybridized carbons (Fsp3) is 0.500. The fourth-order valence-corrected chi connectivity index (χ4v) is 2.77. The number of aliphatic hydroxyl groups is 1. The second kappa shape index (κ2) is 6.63. The van der Waals surface area contributed by atoms with Crippen molar-refractivity contribution in [3.63, 3.8) is 0 Å². The molecule has 0 radical (unpaired) electrons. The van der Waals surface area contributed by atoms with Crippen LogP contribution in [0.3, 0.4) is 0 Å². The molecule has 0 bridgehead atoms. The van der Waals surface area contributed by atoms with Crippen molar-refractivity contribution in [3.05, 3.63) is 47.3 Å². The summed E-state index contributed by atoms with van der Waals surface area (Å²) in [6.07, 6.45) is 0. The van der Waals surface area contributed by atoms with Crippen molar-refractivity contribution in [2.75, 3.05) is 13.1 Å². The summed E-state index contributed by atoms with van der Waals surface area (Å²) in [5.74, 6) is 0. The van der Waals surface area contributed by atoms with Gasteiger partial charge in [0.2, 0.25) is 0 Å². The van der Waals surface area contributed by atoms with Crippen LogP contribution in [0.2, 0.25) is 0 Å². The van der Waals surface area contributed by atoms with E-state index in [4.69, 9.17) is 5.10 Å². The maximum Gasteiger partial charge on any atom is 0.0718 e. The van der Waals surface area contributed by atoms with Crippen LogP contribution in [0.15, 0.2) is 30.3 Å². The molecule has 0 aliphatic heterocycles. The first-order chi connectivity index (χ1) is 10.3. The summed E-state index contributed by atoms with van der Waals surface area (Å²) in [6.45, 7) is 12.4. The zero-order valence-electron chi connectivity index (χ0n) is 14.3. The van der Waals surface area contributed by atoms with Gasteiger partial charge in [-0.1, -0.05) is 25.1 Å². The molecule has 1 heterocycles. The molecule has 0 unspecified atom stereocenters. The molecule has 0 spiro atoms. The third kappa shape index (κ3) is 3.96. The monoisotopic (exact) mass is 301 g/mol. The van der Waals surface area contributed by atoms with E-state index in [-0.39, 0.29) is 0 Å². The van der Waals surface area contributed by atoms with Gasteiger partial charge < -0.3 is 5.11 Å². The molecule has 1 aromatic carbocycles. The third-order valence-electron chi connectivity index (χ3n) is 3.88. The van der Waals surface area contributed by atoms with E-state index < -0.39 is 5.60 Å². The van der Waals surface area contributed by atoms with E-state index >= 15 is 0 Å². The lowest BCUT2D eigenvalue weighted by Crippen LogP contribution is -2.38. The topological polar surface area (TPSA) is 41.3 Å². The molecule has 120 valence electrons. The Hall–Kier alpha value is -1.65. The molecule has 4 heteroatoms. The highest BCUT2D eigenvalue weighted by Crippen LogP contribution is 2.20. The standard InChI is InChI=1S/C18H27N3O/c1-6-20(13-18(4,5)22)12-17-14(2)19-21(15(17)3)16-10-8-7-9-11-16/h7-11,22H,6,12-13H2,1-5H3. The van der Waals surface area contributed by atoms with Gasteiger partial charge in [-0.15, -0.1) is 0 Å². The minimum absolute atomic E-state index is 0.652. The van der Waals surface area contributed by atoms with Crippen LogP contribution in [-0.2, 0) is 6.54 Å². The van der Waals surface area contributed by atoms with Gasteiger partial charge in [0.1, 0.15) is 0 Å². The number of nitrogens with zero attached hydrogens (tertiary/aromatic N) is 3. The van der Waals surface area contributed by atoms with Gasteiger partial charge >= 0.3 is 0 Å². The highest BCUT2D eigenvalue weighted by molar-refractivity contribution is 5.36. The lowest BCUT2D eigenvalue weighted by molar-refractivity contribution is 0.0352. The molecule has 1 aromatic heterocycles. The highest BCUT2D eigenvalue weighted by atomic mass is 16.3. The smallest absolute Gasteiger partial charge is 0.0718 e. The van der Waals surface area contributed by atoms with Crippen LogP contribution in [0, 0.1) is 13.8 Å². The van der Waals surface area contributed by atoms with E-state index in [9.17, 15) is 5.11 Å². The Labute approximate surface area is 133 Å². The van der Waals surface area contributed by atoms with Gasteiger partial charge in [-0.2, -0.15) is 5.10 Å². The summed E-state index contributed by atoms with van der Waals surface area (Å²) in [7, 11) is 0. The van der Waals surface area contributed by atoms with Crippen LogP contribution in [0.4, 0.5) is 0 Å². The third-order valence-corrected chi connectivity index (χ3v) is 3.88. The predicted octanol–water partition coefficient (Wildman–Crippen LogP) is 3.08. The summed E-state index contributed by atoms with van der Waals surface area (Å²) in [6, 6.07) is 10.2. The van der Waals surface area contributed by atoms with Crippen molar-refractivity contribution in [2.45, 2.75) is 46.8 Å². The number of para-hydroxylation sites is 1. The van der Waals surface area contributed by atoms with Crippen molar-refractivity contribution < 1.29 is 5.11 Å². The van der Waals surface area contributed by atoms with E-state index in [0.29, 0.717) is 6.54 Å². The average Bonchev–Trinajstić information content (AvgIpc) is 2.74. The van der Waals surface area contributed by atoms with Gasteiger partial charge in [0.25, 0.3) is 0 Å². The molecular weight excluding hydrogens is 274 g/mol. The minimum Gasteiger partial charge on any atom is -0.389 e. The SMILES string of the molecule is CCN(Cc1c(C)nn(-c2ccccc2)c1C)CC(C)(C)O. The molecule has 2 aromatic rings. The van der Waals surface area contributed by atoms with Gasteiger partial charge in [0, 0.05) is 24.3 Å². The Kier molecular flexibility index (Phi) is 5.04. The normalized spacial score (nSPS) is 12.1. The number of aromatic nitrogens is 2. The van der Waals surface area contributed by atoms with Gasteiger partial charge in [0.05, 0.1) is 17.0 Å². The summed E-state index contributed by atoms with van der Waals surface area (Å²) in [4.78, 5) is 2.26. The number of hydrogen-bond acceptors (Lipinski definition) is 3. The van der Waals surface area contributed by atoms with E-state index in [1.54, 1.807) is 0 Å². The molecule has 0 aliphatic carbocycles. The lowest BCUT2D eigenvalue weighted by Gasteiger charge is -2.28. The molecule has 0 amide bonds. The zero-order chi connectivity index (χ0) is 16.3. The molecule has 0 aliphatic rings. The van der Waals surface area contributed by atoms with Gasteiger partial charge in [-0.05, 0) is 46.4 Å². The largest absolute Gasteiger partial charge is 0.389 e. The first-order valence-electron chi connectivity index (χ1n) is 7.87. The lowest BCUT2D eigenvalue weighted by atomic mass is 10.1. The second-order valence-electron chi connectivity index (χ2n) is 6.51. The summed E-state index contributed by atoms with van der Waals surface area (Å²) < 4.78 is 2.00. The maximum atomic E-state index is 10.1. The van der Waals surface area contributed by atoms with Crippen LogP contribution in [0.5, 0.6) is 0 Å². The number of benzene rings is 1. The van der Waals surface area contributed by atoms with Crippen LogP contribution in [0.1, 0.15) is 37.7 Å². The first-order valence-corrected chi connectivity index (χ1v) is 7.87. The van der Waals surface area contributed by atoms with Crippen LogP contribution in [-0.4, -0.2) is 38.5 Å². The Morgan fingerprint density at radius 3 is 2.36 bits per heavy atom. The Morgan fingerprint density at radius 1 is 1.18 bits per heavy atom. The first kappa shape index (κ1) is 16.7. The van der Waals surface area contributed by atoms with Crippen LogP contribution in [0.25, 0.3) is 5.69 Å². The van der Waals surface area contributed by atoms with E-state index in [1.165, 1.54) is 5.56 Å². The summed E-state index contributed by atoms with van der Waals surface area (Å²) >= 11 is 0. The Balaban J connectivity index is 2.27. The van der Waals surface area contributed by atoms with Crippen molar-refractivity contribution in [3.8, 4) is 5.69 Å². The zero-order valence-corrected chi connectivity index (χ0v) is 14.3. The van der Waals surface area contributed by atoms with Crippen molar-refractivity contribution in [2.24, 2.45) is 0 Å². The molecule has 2 rings (SSSR count). The molecule has 4 nitrogen and oxygen atoms in total. The van der Waals surface area contributed by atoms with Crippen molar-refractivity contribution in [1.29, 1.82) is 0 Å². The van der Waals surface area contributed by atoms with Gasteiger partial charge in [0.15, 0.2) is 0 Å².